The summed E-state index contributed by atoms with van der Waals surface area (Å²) in [5.74, 6) is 0.871. The molecule has 2 aromatic rings. The number of pyridine rings is 1. The zero-order valence-corrected chi connectivity index (χ0v) is 13.3. The lowest BCUT2D eigenvalue weighted by Crippen LogP contribution is -2.36. The van der Waals surface area contributed by atoms with Gasteiger partial charge in [-0.15, -0.1) is 0 Å². The molecule has 6 nitrogen and oxygen atoms in total. The Hall–Kier alpha value is -2.16. The van der Waals surface area contributed by atoms with Crippen LogP contribution in [0.1, 0.15) is 24.6 Å². The summed E-state index contributed by atoms with van der Waals surface area (Å²) in [5, 5.41) is 14.5. The number of aromatic nitrogens is 4. The zero-order valence-electron chi connectivity index (χ0n) is 13.3. The number of hydrogen-bond acceptors (Lipinski definition) is 5. The molecule has 0 bridgehead atoms. The van der Waals surface area contributed by atoms with E-state index in [1.165, 1.54) is 12.4 Å². The van der Waals surface area contributed by atoms with Crippen molar-refractivity contribution in [3.63, 3.8) is 0 Å². The van der Waals surface area contributed by atoms with Crippen LogP contribution in [0.5, 0.6) is 0 Å². The van der Waals surface area contributed by atoms with Crippen molar-refractivity contribution >= 4 is 5.82 Å². The summed E-state index contributed by atoms with van der Waals surface area (Å²) >= 11 is 0. The minimum absolute atomic E-state index is 0.141. The van der Waals surface area contributed by atoms with E-state index in [-0.39, 0.29) is 17.9 Å². The highest BCUT2D eigenvalue weighted by atomic mass is 19.4. The van der Waals surface area contributed by atoms with Crippen LogP contribution < -0.4 is 4.90 Å². The molecule has 4 rings (SSSR count). The number of hydrogen-bond donors (Lipinski definition) is 1. The molecular formula is C16H18F3N5O. The van der Waals surface area contributed by atoms with Crippen molar-refractivity contribution in [2.45, 2.75) is 31.2 Å². The van der Waals surface area contributed by atoms with Gasteiger partial charge in [-0.3, -0.25) is 0 Å². The first-order valence-electron chi connectivity index (χ1n) is 8.23. The van der Waals surface area contributed by atoms with Crippen molar-refractivity contribution in [2.75, 3.05) is 18.0 Å². The van der Waals surface area contributed by atoms with Crippen molar-refractivity contribution in [3.05, 3.63) is 36.5 Å². The number of nitrogens with zero attached hydrogens (tertiary/aromatic N) is 5. The fourth-order valence-corrected chi connectivity index (χ4v) is 4.02. The molecule has 9 heteroatoms. The first kappa shape index (κ1) is 16.3. The topological polar surface area (TPSA) is 67.1 Å². The first-order valence-corrected chi connectivity index (χ1v) is 8.23. The number of anilines is 1. The average Bonchev–Trinajstić information content (AvgIpc) is 3.22. The van der Waals surface area contributed by atoms with Gasteiger partial charge in [0.15, 0.2) is 0 Å². The molecule has 4 atom stereocenters. The van der Waals surface area contributed by atoms with Crippen molar-refractivity contribution in [1.82, 2.24) is 19.7 Å². The maximum atomic E-state index is 12.9. The molecule has 2 aromatic heterocycles. The van der Waals surface area contributed by atoms with Crippen LogP contribution >= 0.6 is 0 Å². The van der Waals surface area contributed by atoms with E-state index in [0.717, 1.165) is 12.5 Å². The predicted molar refractivity (Wildman–Crippen MR) is 82.7 cm³/mol. The monoisotopic (exact) mass is 353 g/mol. The zero-order chi connectivity index (χ0) is 17.6. The smallest absolute Gasteiger partial charge is 0.391 e. The number of alkyl halides is 3. The van der Waals surface area contributed by atoms with Gasteiger partial charge in [-0.25, -0.2) is 14.6 Å². The molecule has 0 unspecified atom stereocenters. The predicted octanol–water partition coefficient (Wildman–Crippen LogP) is 2.14. The molecule has 2 fully saturated rings. The molecule has 134 valence electrons. The normalized spacial score (nSPS) is 29.7. The quantitative estimate of drug-likeness (QED) is 0.896. The van der Waals surface area contributed by atoms with Crippen LogP contribution in [0.25, 0.3) is 0 Å². The maximum Gasteiger partial charge on any atom is 0.433 e. The number of rotatable bonds is 2. The van der Waals surface area contributed by atoms with Gasteiger partial charge in [0.05, 0.1) is 12.1 Å². The molecule has 25 heavy (non-hydrogen) atoms. The lowest BCUT2D eigenvalue weighted by Gasteiger charge is -2.34. The van der Waals surface area contributed by atoms with E-state index in [1.54, 1.807) is 17.1 Å². The van der Waals surface area contributed by atoms with Gasteiger partial charge in [-0.1, -0.05) is 6.07 Å². The first-order chi connectivity index (χ1) is 11.9. The fraction of sp³-hybridized carbons (Fsp3) is 0.562. The Morgan fingerprint density at radius 3 is 2.56 bits per heavy atom. The van der Waals surface area contributed by atoms with Gasteiger partial charge in [-0.2, -0.15) is 18.3 Å². The Kier molecular flexibility index (Phi) is 3.90. The molecule has 0 radical (unpaired) electrons. The van der Waals surface area contributed by atoms with E-state index in [1.807, 2.05) is 4.90 Å². The molecule has 1 aliphatic heterocycles. The lowest BCUT2D eigenvalue weighted by molar-refractivity contribution is -0.141. The number of aliphatic hydroxyl groups excluding tert-OH is 1. The van der Waals surface area contributed by atoms with Crippen LogP contribution in [0.15, 0.2) is 30.9 Å². The van der Waals surface area contributed by atoms with Gasteiger partial charge in [0.2, 0.25) is 0 Å². The Morgan fingerprint density at radius 2 is 1.88 bits per heavy atom. The van der Waals surface area contributed by atoms with E-state index in [2.05, 4.69) is 15.1 Å². The van der Waals surface area contributed by atoms with Crippen LogP contribution in [0.2, 0.25) is 0 Å². The largest absolute Gasteiger partial charge is 0.433 e. The van der Waals surface area contributed by atoms with E-state index < -0.39 is 18.0 Å². The van der Waals surface area contributed by atoms with Crippen LogP contribution in [0, 0.1) is 11.8 Å². The van der Waals surface area contributed by atoms with Crippen LogP contribution in [0.4, 0.5) is 19.0 Å². The number of aliphatic hydroxyl groups is 1. The van der Waals surface area contributed by atoms with Crippen molar-refractivity contribution in [3.8, 4) is 0 Å². The molecule has 1 saturated carbocycles. The Labute approximate surface area is 142 Å². The van der Waals surface area contributed by atoms with Crippen molar-refractivity contribution in [2.24, 2.45) is 11.8 Å². The molecule has 1 saturated heterocycles. The average molecular weight is 353 g/mol. The second-order valence-corrected chi connectivity index (χ2v) is 6.79. The second-order valence-electron chi connectivity index (χ2n) is 6.79. The summed E-state index contributed by atoms with van der Waals surface area (Å²) in [6.45, 7) is 1.25. The van der Waals surface area contributed by atoms with Crippen molar-refractivity contribution < 1.29 is 18.3 Å². The number of fused-ring (bicyclic) bond motifs is 1. The van der Waals surface area contributed by atoms with E-state index in [0.29, 0.717) is 25.3 Å². The van der Waals surface area contributed by atoms with Crippen molar-refractivity contribution in [1.29, 1.82) is 0 Å². The molecule has 0 amide bonds. The highest BCUT2D eigenvalue weighted by Gasteiger charge is 2.43. The third-order valence-electron chi connectivity index (χ3n) is 5.23. The van der Waals surface area contributed by atoms with E-state index in [9.17, 15) is 18.3 Å². The second kappa shape index (κ2) is 5.98. The molecule has 1 N–H and O–H groups in total. The summed E-state index contributed by atoms with van der Waals surface area (Å²) in [7, 11) is 0. The van der Waals surface area contributed by atoms with Gasteiger partial charge in [0, 0.05) is 13.1 Å². The SMILES string of the molecule is O[C@@H]1C[C@H]2CN(c3cccc(C(F)(F)F)n3)C[C@H]2C[C@H]1n1cncn1. The highest BCUT2D eigenvalue weighted by Crippen LogP contribution is 2.42. The molecular weight excluding hydrogens is 335 g/mol. The standard InChI is InChI=1S/C16H18F3N5O/c17-16(18,19)14-2-1-3-15(22-14)23-6-10-4-12(24-9-20-8-21-24)13(25)5-11(10)7-23/h1-3,8-13,25H,4-7H2/t10-,11+,12-,13-/m1/s1. The van der Waals surface area contributed by atoms with E-state index >= 15 is 0 Å². The highest BCUT2D eigenvalue weighted by molar-refractivity contribution is 5.41. The van der Waals surface area contributed by atoms with Gasteiger partial charge in [-0.05, 0) is 36.8 Å². The minimum atomic E-state index is -4.45. The number of halogens is 3. The van der Waals surface area contributed by atoms with Gasteiger partial charge >= 0.3 is 6.18 Å². The maximum absolute atomic E-state index is 12.9. The Morgan fingerprint density at radius 1 is 1.12 bits per heavy atom. The van der Waals surface area contributed by atoms with Gasteiger partial charge in [0.1, 0.15) is 24.2 Å². The summed E-state index contributed by atoms with van der Waals surface area (Å²) in [4.78, 5) is 9.60. The van der Waals surface area contributed by atoms with Crippen LogP contribution in [-0.4, -0.2) is 44.0 Å². The van der Waals surface area contributed by atoms with Crippen LogP contribution in [-0.2, 0) is 6.18 Å². The molecule has 1 aliphatic carbocycles. The third kappa shape index (κ3) is 3.08. The summed E-state index contributed by atoms with van der Waals surface area (Å²) in [5.41, 5.74) is -0.875. The molecule has 3 heterocycles. The van der Waals surface area contributed by atoms with Gasteiger partial charge in [0.25, 0.3) is 0 Å². The third-order valence-corrected chi connectivity index (χ3v) is 5.23. The van der Waals surface area contributed by atoms with Crippen LogP contribution in [0.3, 0.4) is 0 Å². The van der Waals surface area contributed by atoms with Gasteiger partial charge < -0.3 is 10.0 Å². The molecule has 0 aromatic carbocycles. The molecule has 2 aliphatic rings. The summed E-state index contributed by atoms with van der Waals surface area (Å²) in [6, 6.07) is 3.84. The molecule has 0 spiro atoms. The lowest BCUT2D eigenvalue weighted by atomic mass is 9.77. The van der Waals surface area contributed by atoms with E-state index in [4.69, 9.17) is 0 Å². The minimum Gasteiger partial charge on any atom is -0.391 e. The Bertz CT molecular complexity index is 736. The summed E-state index contributed by atoms with van der Waals surface area (Å²) in [6.07, 6.45) is -0.620. The fourth-order valence-electron chi connectivity index (χ4n) is 4.02. The Balaban J connectivity index is 1.52. The summed E-state index contributed by atoms with van der Waals surface area (Å²) < 4.78 is 40.3.